The lowest BCUT2D eigenvalue weighted by molar-refractivity contribution is 0.0689. The van der Waals surface area contributed by atoms with Crippen LogP contribution in [0, 0.1) is 0 Å². The van der Waals surface area contributed by atoms with E-state index in [0.717, 1.165) is 19.3 Å². The number of rotatable bonds is 6. The highest BCUT2D eigenvalue weighted by molar-refractivity contribution is 6.04. The molecule has 0 spiro atoms. The number of unbranched alkanes of at least 4 members (excludes halogenated alkanes) is 1. The van der Waals surface area contributed by atoms with Crippen LogP contribution in [0.25, 0.3) is 10.9 Å². The molecule has 1 aromatic carbocycles. The van der Waals surface area contributed by atoms with Crippen molar-refractivity contribution in [2.24, 2.45) is 7.05 Å². The van der Waals surface area contributed by atoms with Crippen LogP contribution in [-0.2, 0) is 7.05 Å². The molecule has 0 saturated carbocycles. The van der Waals surface area contributed by atoms with Crippen molar-refractivity contribution in [2.45, 2.75) is 46.1 Å². The largest absolute Gasteiger partial charge is 0.507 e. The average Bonchev–Trinajstić information content (AvgIpc) is 2.58. The molecule has 136 valence electrons. The Bertz CT molecular complexity index is 841. The number of hydrogen-bond donors (Lipinski definition) is 2. The van der Waals surface area contributed by atoms with Crippen LogP contribution in [0.3, 0.4) is 0 Å². The number of nitrogens with zero attached hydrogens (tertiary/aromatic N) is 2. The fraction of sp³-hybridized carbons (Fsp3) is 0.474. The first-order valence-corrected chi connectivity index (χ1v) is 8.69. The summed E-state index contributed by atoms with van der Waals surface area (Å²) in [6, 6.07) is 4.58. The second kappa shape index (κ2) is 7.59. The quantitative estimate of drug-likeness (QED) is 0.842. The van der Waals surface area contributed by atoms with Gasteiger partial charge >= 0.3 is 0 Å². The molecular weight excluding hydrogens is 320 g/mol. The van der Waals surface area contributed by atoms with Crippen molar-refractivity contribution in [3.63, 3.8) is 0 Å². The summed E-state index contributed by atoms with van der Waals surface area (Å²) in [6.45, 7) is 6.31. The van der Waals surface area contributed by atoms with E-state index in [1.165, 1.54) is 17.7 Å². The molecule has 0 saturated heterocycles. The SMILES string of the molecule is CCCCC(C)N(CC)C(=O)c1c(O)c2c(O)cccc2n(C)c1=O. The number of aromatic hydroxyl groups is 2. The second-order valence-corrected chi connectivity index (χ2v) is 6.34. The normalized spacial score (nSPS) is 12.3. The molecule has 2 rings (SSSR count). The Morgan fingerprint density at radius 2 is 1.96 bits per heavy atom. The first kappa shape index (κ1) is 18.8. The number of pyridine rings is 1. The minimum Gasteiger partial charge on any atom is -0.507 e. The van der Waals surface area contributed by atoms with Crippen molar-refractivity contribution in [3.05, 3.63) is 34.1 Å². The number of carbonyl (C=O) groups excluding carboxylic acids is 1. The molecule has 1 aromatic heterocycles. The van der Waals surface area contributed by atoms with Crippen LogP contribution >= 0.6 is 0 Å². The van der Waals surface area contributed by atoms with Gasteiger partial charge in [-0.3, -0.25) is 9.59 Å². The zero-order chi connectivity index (χ0) is 18.7. The minimum absolute atomic E-state index is 0.0402. The molecule has 0 radical (unpaired) electrons. The van der Waals surface area contributed by atoms with Gasteiger partial charge in [0, 0.05) is 19.6 Å². The summed E-state index contributed by atoms with van der Waals surface area (Å²) in [5.41, 5.74) is -0.482. The molecule has 1 unspecified atom stereocenters. The molecule has 0 aliphatic rings. The number of hydrogen-bond acceptors (Lipinski definition) is 4. The van der Waals surface area contributed by atoms with Crippen LogP contribution < -0.4 is 5.56 Å². The van der Waals surface area contributed by atoms with Crippen LogP contribution in [0.4, 0.5) is 0 Å². The summed E-state index contributed by atoms with van der Waals surface area (Å²) in [5.74, 6) is -1.13. The van der Waals surface area contributed by atoms with Crippen LogP contribution in [0.1, 0.15) is 50.4 Å². The minimum atomic E-state index is -0.568. The predicted octanol–water partition coefficient (Wildman–Crippen LogP) is 2.99. The Balaban J connectivity index is 2.62. The molecule has 1 heterocycles. The molecule has 0 fully saturated rings. The molecule has 0 aliphatic heterocycles. The molecule has 6 heteroatoms. The van der Waals surface area contributed by atoms with E-state index >= 15 is 0 Å². The summed E-state index contributed by atoms with van der Waals surface area (Å²) in [6.07, 6.45) is 2.83. The van der Waals surface area contributed by atoms with Gasteiger partial charge in [0.1, 0.15) is 17.1 Å². The summed E-state index contributed by atoms with van der Waals surface area (Å²) >= 11 is 0. The molecule has 6 nitrogen and oxygen atoms in total. The third-order valence-corrected chi connectivity index (χ3v) is 4.70. The van der Waals surface area contributed by atoms with Crippen molar-refractivity contribution in [1.29, 1.82) is 0 Å². The smallest absolute Gasteiger partial charge is 0.267 e. The molecule has 1 atom stereocenters. The standard InChI is InChI=1S/C19H26N2O4/c1-5-7-9-12(3)21(6-2)19(25)16-17(23)15-13(20(4)18(16)24)10-8-11-14(15)22/h8,10-12,22-23H,5-7,9H2,1-4H3. The molecule has 2 N–H and O–H groups in total. The van der Waals surface area contributed by atoms with E-state index in [2.05, 4.69) is 6.92 Å². The number of phenolic OH excluding ortho intramolecular Hbond substituents is 1. The van der Waals surface area contributed by atoms with E-state index in [1.807, 2.05) is 13.8 Å². The van der Waals surface area contributed by atoms with Gasteiger partial charge in [0.2, 0.25) is 0 Å². The Morgan fingerprint density at radius 1 is 1.28 bits per heavy atom. The fourth-order valence-electron chi connectivity index (χ4n) is 3.20. The fourth-order valence-corrected chi connectivity index (χ4v) is 3.20. The Labute approximate surface area is 147 Å². The highest BCUT2D eigenvalue weighted by atomic mass is 16.3. The molecule has 2 aromatic rings. The first-order chi connectivity index (χ1) is 11.8. The third-order valence-electron chi connectivity index (χ3n) is 4.70. The molecule has 0 bridgehead atoms. The third kappa shape index (κ3) is 3.34. The topological polar surface area (TPSA) is 82.8 Å². The Hall–Kier alpha value is -2.50. The van der Waals surface area contributed by atoms with Gasteiger partial charge in [0.15, 0.2) is 0 Å². The lowest BCUT2D eigenvalue weighted by Crippen LogP contribution is -2.41. The van der Waals surface area contributed by atoms with Gasteiger partial charge in [0.05, 0.1) is 10.9 Å². The maximum atomic E-state index is 13.0. The van der Waals surface area contributed by atoms with Crippen molar-refractivity contribution in [2.75, 3.05) is 6.54 Å². The van der Waals surface area contributed by atoms with Crippen LogP contribution in [-0.4, -0.2) is 38.2 Å². The molecule has 0 aliphatic carbocycles. The van der Waals surface area contributed by atoms with Crippen molar-refractivity contribution in [3.8, 4) is 11.5 Å². The average molecular weight is 346 g/mol. The lowest BCUT2D eigenvalue weighted by atomic mass is 10.1. The maximum Gasteiger partial charge on any atom is 0.267 e. The zero-order valence-electron chi connectivity index (χ0n) is 15.2. The van der Waals surface area contributed by atoms with Crippen molar-refractivity contribution >= 4 is 16.8 Å². The molecule has 1 amide bonds. The predicted molar refractivity (Wildman–Crippen MR) is 98.2 cm³/mol. The summed E-state index contributed by atoms with van der Waals surface area (Å²) in [7, 11) is 1.52. The maximum absolute atomic E-state index is 13.0. The molecule has 25 heavy (non-hydrogen) atoms. The summed E-state index contributed by atoms with van der Waals surface area (Å²) in [5, 5.41) is 20.8. The highest BCUT2D eigenvalue weighted by Gasteiger charge is 2.28. The number of amides is 1. The summed E-state index contributed by atoms with van der Waals surface area (Å²) in [4.78, 5) is 27.3. The van der Waals surface area contributed by atoms with Crippen molar-refractivity contribution in [1.82, 2.24) is 9.47 Å². The van der Waals surface area contributed by atoms with Gasteiger partial charge < -0.3 is 19.7 Å². The monoisotopic (exact) mass is 346 g/mol. The number of fused-ring (bicyclic) bond motifs is 1. The highest BCUT2D eigenvalue weighted by Crippen LogP contribution is 2.33. The lowest BCUT2D eigenvalue weighted by Gasteiger charge is -2.28. The Morgan fingerprint density at radius 3 is 2.56 bits per heavy atom. The first-order valence-electron chi connectivity index (χ1n) is 8.69. The van der Waals surface area contributed by atoms with Crippen molar-refractivity contribution < 1.29 is 15.0 Å². The van der Waals surface area contributed by atoms with Crippen LogP contribution in [0.15, 0.2) is 23.0 Å². The van der Waals surface area contributed by atoms with Crippen LogP contribution in [0.2, 0.25) is 0 Å². The van der Waals surface area contributed by atoms with Gasteiger partial charge in [-0.25, -0.2) is 0 Å². The number of aromatic nitrogens is 1. The van der Waals surface area contributed by atoms with E-state index < -0.39 is 17.2 Å². The number of carbonyl (C=O) groups is 1. The number of benzene rings is 1. The Kier molecular flexibility index (Phi) is 5.72. The number of phenols is 1. The zero-order valence-corrected chi connectivity index (χ0v) is 15.2. The van der Waals surface area contributed by atoms with Gasteiger partial charge in [-0.05, 0) is 32.4 Å². The number of aryl methyl sites for hydroxylation is 1. The van der Waals surface area contributed by atoms with Gasteiger partial charge in [-0.2, -0.15) is 0 Å². The van der Waals surface area contributed by atoms with E-state index in [-0.39, 0.29) is 22.7 Å². The van der Waals surface area contributed by atoms with Gasteiger partial charge in [-0.1, -0.05) is 25.8 Å². The van der Waals surface area contributed by atoms with Gasteiger partial charge in [-0.15, -0.1) is 0 Å². The van der Waals surface area contributed by atoms with E-state index in [1.54, 1.807) is 17.0 Å². The van der Waals surface area contributed by atoms with E-state index in [4.69, 9.17) is 0 Å². The van der Waals surface area contributed by atoms with Crippen LogP contribution in [0.5, 0.6) is 11.5 Å². The summed E-state index contributed by atoms with van der Waals surface area (Å²) < 4.78 is 1.28. The second-order valence-electron chi connectivity index (χ2n) is 6.34. The van der Waals surface area contributed by atoms with E-state index in [0.29, 0.717) is 12.1 Å². The van der Waals surface area contributed by atoms with Gasteiger partial charge in [0.25, 0.3) is 11.5 Å². The van der Waals surface area contributed by atoms with E-state index in [9.17, 15) is 19.8 Å². The molecular formula is C19H26N2O4.